The van der Waals surface area contributed by atoms with Crippen molar-refractivity contribution in [2.24, 2.45) is 11.7 Å². The first kappa shape index (κ1) is 12.9. The van der Waals surface area contributed by atoms with Crippen LogP contribution in [0.2, 0.25) is 0 Å². The highest BCUT2D eigenvalue weighted by Gasteiger charge is 2.40. The number of likely N-dealkylation sites (N-methyl/N-ethyl adjacent to an activating group) is 1. The molecule has 0 aliphatic heterocycles. The number of rotatable bonds is 2. The third kappa shape index (κ3) is 2.65. The Morgan fingerprint density at radius 2 is 1.71 bits per heavy atom. The largest absolute Gasteiger partial charge is 0.341 e. The Morgan fingerprint density at radius 1 is 1.18 bits per heavy atom. The minimum Gasteiger partial charge on any atom is -0.341 e. The van der Waals surface area contributed by atoms with Gasteiger partial charge in [-0.1, -0.05) is 19.8 Å². The molecule has 0 heterocycles. The molecule has 98 valence electrons. The monoisotopic (exact) mass is 238 g/mol. The van der Waals surface area contributed by atoms with Gasteiger partial charge in [0.1, 0.15) is 0 Å². The molecule has 0 atom stereocenters. The lowest BCUT2D eigenvalue weighted by molar-refractivity contribution is -0.138. The molecule has 0 unspecified atom stereocenters. The molecular weight excluding hydrogens is 212 g/mol. The van der Waals surface area contributed by atoms with Crippen LogP contribution in [0.1, 0.15) is 58.3 Å². The van der Waals surface area contributed by atoms with Crippen LogP contribution in [0.3, 0.4) is 0 Å². The van der Waals surface area contributed by atoms with Crippen molar-refractivity contribution < 1.29 is 4.79 Å². The summed E-state index contributed by atoms with van der Waals surface area (Å²) >= 11 is 0. The summed E-state index contributed by atoms with van der Waals surface area (Å²) in [5.74, 6) is 1.02. The van der Waals surface area contributed by atoms with Gasteiger partial charge in [-0.25, -0.2) is 0 Å². The van der Waals surface area contributed by atoms with Crippen molar-refractivity contribution in [3.05, 3.63) is 0 Å². The van der Waals surface area contributed by atoms with E-state index in [1.54, 1.807) is 0 Å². The van der Waals surface area contributed by atoms with Gasteiger partial charge in [0.2, 0.25) is 5.91 Å². The zero-order chi connectivity index (χ0) is 12.5. The number of carbonyl (C=O) groups is 1. The highest BCUT2D eigenvalue weighted by molar-refractivity contribution is 5.86. The average Bonchev–Trinajstić information content (AvgIpc) is 2.76. The topological polar surface area (TPSA) is 46.3 Å². The molecule has 2 saturated carbocycles. The molecule has 3 nitrogen and oxygen atoms in total. The smallest absolute Gasteiger partial charge is 0.242 e. The predicted molar refractivity (Wildman–Crippen MR) is 69.6 cm³/mol. The fraction of sp³-hybridized carbons (Fsp3) is 0.929. The van der Waals surface area contributed by atoms with Crippen LogP contribution >= 0.6 is 0 Å². The lowest BCUT2D eigenvalue weighted by Gasteiger charge is -2.37. The summed E-state index contributed by atoms with van der Waals surface area (Å²) in [6.45, 7) is 2.30. The van der Waals surface area contributed by atoms with Crippen molar-refractivity contribution in [1.82, 2.24) is 4.90 Å². The summed E-state index contributed by atoms with van der Waals surface area (Å²) in [4.78, 5) is 14.4. The molecule has 2 rings (SSSR count). The lowest BCUT2D eigenvalue weighted by Crippen LogP contribution is -2.55. The number of hydrogen-bond donors (Lipinski definition) is 1. The summed E-state index contributed by atoms with van der Waals surface area (Å²) in [7, 11) is 1.95. The van der Waals surface area contributed by atoms with E-state index in [2.05, 4.69) is 6.92 Å². The predicted octanol–water partition coefficient (Wildman–Crippen LogP) is 2.29. The van der Waals surface area contributed by atoms with Crippen molar-refractivity contribution in [1.29, 1.82) is 0 Å². The Bertz CT molecular complexity index is 276. The minimum absolute atomic E-state index is 0.189. The Labute approximate surface area is 105 Å². The first-order chi connectivity index (χ1) is 8.03. The zero-order valence-corrected chi connectivity index (χ0v) is 11.2. The van der Waals surface area contributed by atoms with E-state index in [1.807, 2.05) is 11.9 Å². The maximum atomic E-state index is 12.4. The van der Waals surface area contributed by atoms with E-state index >= 15 is 0 Å². The van der Waals surface area contributed by atoms with Gasteiger partial charge in [0, 0.05) is 13.1 Å². The van der Waals surface area contributed by atoms with E-state index in [9.17, 15) is 4.79 Å². The first-order valence-corrected chi connectivity index (χ1v) is 7.09. The second-order valence-corrected chi connectivity index (χ2v) is 6.19. The third-order valence-electron chi connectivity index (χ3n) is 4.78. The van der Waals surface area contributed by atoms with Gasteiger partial charge >= 0.3 is 0 Å². The number of carbonyl (C=O) groups excluding carboxylic acids is 1. The third-order valence-corrected chi connectivity index (χ3v) is 4.78. The first-order valence-electron chi connectivity index (χ1n) is 7.09. The Hall–Kier alpha value is -0.570. The number of amides is 1. The van der Waals surface area contributed by atoms with Crippen LogP contribution < -0.4 is 5.73 Å². The number of nitrogens with zero attached hydrogens (tertiary/aromatic N) is 1. The molecule has 3 heteroatoms. The summed E-state index contributed by atoms with van der Waals surface area (Å²) < 4.78 is 0. The highest BCUT2D eigenvalue weighted by Crippen LogP contribution is 2.32. The molecule has 1 amide bonds. The minimum atomic E-state index is -0.544. The molecule has 0 bridgehead atoms. The van der Waals surface area contributed by atoms with Crippen LogP contribution in [0.5, 0.6) is 0 Å². The molecule has 0 aromatic carbocycles. The van der Waals surface area contributed by atoms with Gasteiger partial charge in [0.15, 0.2) is 0 Å². The normalized spacial score (nSPS) is 32.4. The summed E-state index contributed by atoms with van der Waals surface area (Å²) in [5.41, 5.74) is 5.70. The van der Waals surface area contributed by atoms with Crippen LogP contribution in [0.4, 0.5) is 0 Å². The zero-order valence-electron chi connectivity index (χ0n) is 11.2. The van der Waals surface area contributed by atoms with Crippen LogP contribution in [-0.4, -0.2) is 29.4 Å². The molecule has 2 fully saturated rings. The van der Waals surface area contributed by atoms with Crippen LogP contribution in [0, 0.1) is 5.92 Å². The maximum absolute atomic E-state index is 12.4. The standard InChI is InChI=1S/C14H26N2O/c1-11-5-7-12(8-6-11)16(2)13(17)14(15)9-3-4-10-14/h11-12H,3-10,15H2,1-2H3. The van der Waals surface area contributed by atoms with Gasteiger partial charge < -0.3 is 10.6 Å². The van der Waals surface area contributed by atoms with Gasteiger partial charge in [-0.3, -0.25) is 4.79 Å². The molecule has 0 aromatic rings. The van der Waals surface area contributed by atoms with Crippen molar-refractivity contribution in [3.63, 3.8) is 0 Å². The van der Waals surface area contributed by atoms with Crippen molar-refractivity contribution in [2.45, 2.75) is 69.9 Å². The summed E-state index contributed by atoms with van der Waals surface area (Å²) in [5, 5.41) is 0. The lowest BCUT2D eigenvalue weighted by atomic mass is 9.85. The number of nitrogens with two attached hydrogens (primary N) is 1. The molecule has 2 N–H and O–H groups in total. The van der Waals surface area contributed by atoms with Crippen molar-refractivity contribution in [2.75, 3.05) is 7.05 Å². The van der Waals surface area contributed by atoms with Gasteiger partial charge in [-0.15, -0.1) is 0 Å². The molecule has 2 aliphatic rings. The summed E-state index contributed by atoms with van der Waals surface area (Å²) in [6, 6.07) is 0.430. The van der Waals surface area contributed by atoms with E-state index in [1.165, 1.54) is 12.8 Å². The van der Waals surface area contributed by atoms with E-state index in [4.69, 9.17) is 5.73 Å². The second kappa shape index (κ2) is 4.97. The Balaban J connectivity index is 1.95. The second-order valence-electron chi connectivity index (χ2n) is 6.19. The van der Waals surface area contributed by atoms with Gasteiger partial charge in [-0.2, -0.15) is 0 Å². The van der Waals surface area contributed by atoms with E-state index < -0.39 is 5.54 Å². The van der Waals surface area contributed by atoms with Gasteiger partial charge in [-0.05, 0) is 44.4 Å². The van der Waals surface area contributed by atoms with E-state index in [0.29, 0.717) is 6.04 Å². The highest BCUT2D eigenvalue weighted by atomic mass is 16.2. The fourth-order valence-corrected chi connectivity index (χ4v) is 3.37. The quantitative estimate of drug-likeness (QED) is 0.802. The molecular formula is C14H26N2O. The van der Waals surface area contributed by atoms with Gasteiger partial charge in [0.05, 0.1) is 5.54 Å². The van der Waals surface area contributed by atoms with Crippen LogP contribution in [0.25, 0.3) is 0 Å². The Morgan fingerprint density at radius 3 is 2.24 bits per heavy atom. The van der Waals surface area contributed by atoms with E-state index in [0.717, 1.165) is 44.4 Å². The summed E-state index contributed by atoms with van der Waals surface area (Å²) in [6.07, 6.45) is 8.77. The van der Waals surface area contributed by atoms with Crippen LogP contribution in [0.15, 0.2) is 0 Å². The van der Waals surface area contributed by atoms with E-state index in [-0.39, 0.29) is 5.91 Å². The molecule has 0 radical (unpaired) electrons. The fourth-order valence-electron chi connectivity index (χ4n) is 3.37. The molecule has 0 aromatic heterocycles. The molecule has 0 spiro atoms. The Kier molecular flexibility index (Phi) is 3.76. The average molecular weight is 238 g/mol. The molecule has 0 saturated heterocycles. The molecule has 17 heavy (non-hydrogen) atoms. The van der Waals surface area contributed by atoms with Crippen molar-refractivity contribution >= 4 is 5.91 Å². The maximum Gasteiger partial charge on any atom is 0.242 e. The number of hydrogen-bond acceptors (Lipinski definition) is 2. The van der Waals surface area contributed by atoms with Crippen molar-refractivity contribution in [3.8, 4) is 0 Å². The molecule has 2 aliphatic carbocycles. The van der Waals surface area contributed by atoms with Crippen LogP contribution in [-0.2, 0) is 4.79 Å². The SMILES string of the molecule is CC1CCC(N(C)C(=O)C2(N)CCCC2)CC1. The van der Waals surface area contributed by atoms with Gasteiger partial charge in [0.25, 0.3) is 0 Å².